The van der Waals surface area contributed by atoms with Crippen LogP contribution in [0.1, 0.15) is 46.0 Å². The average molecular weight is 190 g/mol. The van der Waals surface area contributed by atoms with Crippen LogP contribution in [0.2, 0.25) is 0 Å². The van der Waals surface area contributed by atoms with Crippen LogP contribution in [-0.2, 0) is 0 Å². The summed E-state index contributed by atoms with van der Waals surface area (Å²) in [6.45, 7) is 8.75. The summed E-state index contributed by atoms with van der Waals surface area (Å²) >= 11 is 0. The first-order valence-electron chi connectivity index (χ1n) is 6.03. The lowest BCUT2D eigenvalue weighted by molar-refractivity contribution is 0.265. The van der Waals surface area contributed by atoms with E-state index in [1.165, 1.54) is 37.7 Å². The fourth-order valence-corrected chi connectivity index (χ4v) is 3.13. The highest BCUT2D eigenvalue weighted by Crippen LogP contribution is 2.43. The second-order valence-corrected chi connectivity index (χ2v) is 5.26. The smallest absolute Gasteiger partial charge is 0.0172 e. The largest absolute Gasteiger partial charge is 0.0999 e. The molecule has 0 aliphatic heterocycles. The van der Waals surface area contributed by atoms with Crippen molar-refractivity contribution in [2.45, 2.75) is 46.0 Å². The van der Waals surface area contributed by atoms with Crippen molar-refractivity contribution < 1.29 is 0 Å². The minimum Gasteiger partial charge on any atom is -0.0999 e. The zero-order valence-corrected chi connectivity index (χ0v) is 9.55. The molecule has 2 aliphatic rings. The van der Waals surface area contributed by atoms with Gasteiger partial charge >= 0.3 is 0 Å². The molecule has 0 N–H and O–H groups in total. The van der Waals surface area contributed by atoms with Crippen molar-refractivity contribution in [1.29, 1.82) is 0 Å². The molecule has 1 saturated carbocycles. The van der Waals surface area contributed by atoms with E-state index in [0.717, 1.165) is 17.8 Å². The summed E-state index contributed by atoms with van der Waals surface area (Å²) in [4.78, 5) is 0. The van der Waals surface area contributed by atoms with E-state index in [1.54, 1.807) is 5.57 Å². The molecule has 0 spiro atoms. The lowest BCUT2D eigenvalue weighted by atomic mass is 9.67. The van der Waals surface area contributed by atoms with Gasteiger partial charge in [0.05, 0.1) is 0 Å². The van der Waals surface area contributed by atoms with Gasteiger partial charge in [-0.3, -0.25) is 0 Å². The zero-order chi connectivity index (χ0) is 10.1. The summed E-state index contributed by atoms with van der Waals surface area (Å²) in [6, 6.07) is 0. The van der Waals surface area contributed by atoms with E-state index in [2.05, 4.69) is 26.5 Å². The van der Waals surface area contributed by atoms with Crippen LogP contribution in [0.5, 0.6) is 0 Å². The predicted octanol–water partition coefficient (Wildman–Crippen LogP) is 4.34. The second kappa shape index (κ2) is 3.92. The SMILES string of the molecule is C=C(C)[C@@H]1CCC2=CCC[C@@H](C)C2C1. The Balaban J connectivity index is 2.10. The third-order valence-corrected chi connectivity index (χ3v) is 4.21. The van der Waals surface area contributed by atoms with Gasteiger partial charge in [-0.25, -0.2) is 0 Å². The third kappa shape index (κ3) is 1.80. The highest BCUT2D eigenvalue weighted by atomic mass is 14.4. The van der Waals surface area contributed by atoms with Crippen LogP contribution in [0.4, 0.5) is 0 Å². The number of allylic oxidation sites excluding steroid dienone is 3. The topological polar surface area (TPSA) is 0 Å². The molecule has 0 aromatic heterocycles. The van der Waals surface area contributed by atoms with Crippen molar-refractivity contribution in [3.8, 4) is 0 Å². The van der Waals surface area contributed by atoms with Crippen LogP contribution in [0.25, 0.3) is 0 Å². The van der Waals surface area contributed by atoms with E-state index in [9.17, 15) is 0 Å². The van der Waals surface area contributed by atoms with Gasteiger partial charge in [-0.05, 0) is 56.8 Å². The van der Waals surface area contributed by atoms with E-state index in [1.807, 2.05) is 0 Å². The molecule has 2 aliphatic carbocycles. The fourth-order valence-electron chi connectivity index (χ4n) is 3.13. The molecule has 0 aromatic carbocycles. The molecule has 0 saturated heterocycles. The molecule has 2 rings (SSSR count). The highest BCUT2D eigenvalue weighted by Gasteiger charge is 2.31. The Morgan fingerprint density at radius 3 is 2.93 bits per heavy atom. The maximum absolute atomic E-state index is 4.12. The van der Waals surface area contributed by atoms with E-state index >= 15 is 0 Å². The van der Waals surface area contributed by atoms with Gasteiger partial charge in [0.15, 0.2) is 0 Å². The number of hydrogen-bond acceptors (Lipinski definition) is 0. The number of rotatable bonds is 1. The molecule has 0 amide bonds. The van der Waals surface area contributed by atoms with Gasteiger partial charge in [0.1, 0.15) is 0 Å². The molecule has 1 unspecified atom stereocenters. The highest BCUT2D eigenvalue weighted by molar-refractivity contribution is 5.17. The van der Waals surface area contributed by atoms with Crippen molar-refractivity contribution in [3.05, 3.63) is 23.8 Å². The van der Waals surface area contributed by atoms with Gasteiger partial charge in [-0.2, -0.15) is 0 Å². The van der Waals surface area contributed by atoms with Gasteiger partial charge in [0, 0.05) is 0 Å². The van der Waals surface area contributed by atoms with Gasteiger partial charge < -0.3 is 0 Å². The Hall–Kier alpha value is -0.520. The Labute approximate surface area is 88.1 Å². The number of hydrogen-bond donors (Lipinski definition) is 0. The molecule has 14 heavy (non-hydrogen) atoms. The molecule has 0 nitrogen and oxygen atoms in total. The lowest BCUT2D eigenvalue weighted by Crippen LogP contribution is -2.26. The van der Waals surface area contributed by atoms with Gasteiger partial charge in [0.2, 0.25) is 0 Å². The molecule has 0 heteroatoms. The maximum Gasteiger partial charge on any atom is -0.0172 e. The summed E-state index contributed by atoms with van der Waals surface area (Å²) in [5.41, 5.74) is 3.17. The molecule has 78 valence electrons. The van der Waals surface area contributed by atoms with Gasteiger partial charge in [-0.15, -0.1) is 0 Å². The minimum absolute atomic E-state index is 0.803. The van der Waals surface area contributed by atoms with Gasteiger partial charge in [0.25, 0.3) is 0 Å². The molecule has 0 aromatic rings. The lowest BCUT2D eigenvalue weighted by Gasteiger charge is -2.38. The molecule has 0 radical (unpaired) electrons. The second-order valence-electron chi connectivity index (χ2n) is 5.26. The van der Waals surface area contributed by atoms with Gasteiger partial charge in [-0.1, -0.05) is 30.7 Å². The van der Waals surface area contributed by atoms with E-state index in [4.69, 9.17) is 0 Å². The molecule has 0 heterocycles. The monoisotopic (exact) mass is 190 g/mol. The van der Waals surface area contributed by atoms with Crippen LogP contribution in [0.3, 0.4) is 0 Å². The first kappa shape index (κ1) is 10.0. The van der Waals surface area contributed by atoms with E-state index in [0.29, 0.717) is 0 Å². The molecule has 0 bridgehead atoms. The summed E-state index contributed by atoms with van der Waals surface area (Å²) < 4.78 is 0. The summed E-state index contributed by atoms with van der Waals surface area (Å²) in [7, 11) is 0. The summed E-state index contributed by atoms with van der Waals surface area (Å²) in [6.07, 6.45) is 9.31. The average Bonchev–Trinajstić information content (AvgIpc) is 2.18. The molecule has 1 fully saturated rings. The maximum atomic E-state index is 4.12. The van der Waals surface area contributed by atoms with Crippen molar-refractivity contribution >= 4 is 0 Å². The van der Waals surface area contributed by atoms with Crippen molar-refractivity contribution in [2.75, 3.05) is 0 Å². The zero-order valence-electron chi connectivity index (χ0n) is 9.55. The minimum atomic E-state index is 0.803. The van der Waals surface area contributed by atoms with Crippen molar-refractivity contribution in [2.24, 2.45) is 17.8 Å². The molecular weight excluding hydrogens is 168 g/mol. The Bertz CT molecular complexity index is 259. The quantitative estimate of drug-likeness (QED) is 0.540. The van der Waals surface area contributed by atoms with Crippen LogP contribution in [0, 0.1) is 17.8 Å². The Morgan fingerprint density at radius 1 is 1.43 bits per heavy atom. The van der Waals surface area contributed by atoms with Crippen LogP contribution in [-0.4, -0.2) is 0 Å². The van der Waals surface area contributed by atoms with E-state index in [-0.39, 0.29) is 0 Å². The predicted molar refractivity (Wildman–Crippen MR) is 62.1 cm³/mol. The number of fused-ring (bicyclic) bond motifs is 1. The summed E-state index contributed by atoms with van der Waals surface area (Å²) in [5, 5.41) is 0. The first-order chi connectivity index (χ1) is 6.68. The standard InChI is InChI=1S/C14H22/c1-10(2)13-8-7-12-6-4-5-11(3)14(12)9-13/h6,11,13-14H,1,4-5,7-9H2,2-3H3/t11-,13-,14?/m1/s1. The summed E-state index contributed by atoms with van der Waals surface area (Å²) in [5.74, 6) is 2.61. The normalized spacial score (nSPS) is 37.3. The Morgan fingerprint density at radius 2 is 2.21 bits per heavy atom. The van der Waals surface area contributed by atoms with Crippen LogP contribution < -0.4 is 0 Å². The fraction of sp³-hybridized carbons (Fsp3) is 0.714. The van der Waals surface area contributed by atoms with Crippen molar-refractivity contribution in [3.63, 3.8) is 0 Å². The van der Waals surface area contributed by atoms with Crippen molar-refractivity contribution in [1.82, 2.24) is 0 Å². The van der Waals surface area contributed by atoms with E-state index < -0.39 is 0 Å². The Kier molecular flexibility index (Phi) is 2.80. The molecular formula is C14H22. The van der Waals surface area contributed by atoms with Crippen LogP contribution in [0.15, 0.2) is 23.8 Å². The molecule has 3 atom stereocenters. The first-order valence-corrected chi connectivity index (χ1v) is 6.03. The van der Waals surface area contributed by atoms with Crippen LogP contribution >= 0.6 is 0 Å². The third-order valence-electron chi connectivity index (χ3n) is 4.21.